The molecule has 0 unspecified atom stereocenters. The Labute approximate surface area is 228 Å². The summed E-state index contributed by atoms with van der Waals surface area (Å²) in [6.45, 7) is 4.71. The number of hydrogen-bond acceptors (Lipinski definition) is 3. The minimum absolute atomic E-state index is 0.0156. The van der Waals surface area contributed by atoms with E-state index < -0.39 is 0 Å². The topological polar surface area (TPSA) is 67.2 Å². The van der Waals surface area contributed by atoms with Gasteiger partial charge in [0, 0.05) is 29.0 Å². The summed E-state index contributed by atoms with van der Waals surface area (Å²) in [6, 6.07) is 23.2. The minimum atomic E-state index is -0.273. The van der Waals surface area contributed by atoms with Crippen LogP contribution >= 0.6 is 11.6 Å². The number of halogens is 1. The van der Waals surface area contributed by atoms with E-state index in [1.807, 2.05) is 71.4 Å². The molecule has 1 fully saturated rings. The summed E-state index contributed by atoms with van der Waals surface area (Å²) < 4.78 is 1.88. The molecule has 1 heterocycles. The number of imidazole rings is 1. The maximum Gasteiger partial charge on any atom is 0.246 e. The molecular weight excluding hydrogens is 496 g/mol. The van der Waals surface area contributed by atoms with Gasteiger partial charge < -0.3 is 4.90 Å². The lowest BCUT2D eigenvalue weighted by atomic mass is 10.1. The SMILES string of the molecule is Cc1ccc(-n2cc(-c3ccc(Cl)cc3)nc2NC(=O)CN(CC2CC2)C(=O)Cc2ccccc2)cc1C. The first-order chi connectivity index (χ1) is 18.4. The van der Waals surface area contributed by atoms with Crippen molar-refractivity contribution < 1.29 is 9.59 Å². The van der Waals surface area contributed by atoms with Crippen molar-refractivity contribution in [3.8, 4) is 16.9 Å². The molecule has 1 N–H and O–H groups in total. The molecule has 7 heteroatoms. The molecule has 1 aliphatic carbocycles. The van der Waals surface area contributed by atoms with Crippen molar-refractivity contribution in [1.82, 2.24) is 14.5 Å². The first kappa shape index (κ1) is 25.7. The van der Waals surface area contributed by atoms with Crippen molar-refractivity contribution in [3.63, 3.8) is 0 Å². The van der Waals surface area contributed by atoms with Gasteiger partial charge in [0.05, 0.1) is 18.7 Å². The Hall–Kier alpha value is -3.90. The van der Waals surface area contributed by atoms with Gasteiger partial charge in [-0.25, -0.2) is 4.98 Å². The van der Waals surface area contributed by atoms with Gasteiger partial charge in [-0.05, 0) is 73.6 Å². The molecule has 38 heavy (non-hydrogen) atoms. The summed E-state index contributed by atoms with van der Waals surface area (Å²) in [5.41, 5.74) is 5.77. The van der Waals surface area contributed by atoms with Crippen LogP contribution in [0, 0.1) is 19.8 Å². The van der Waals surface area contributed by atoms with Crippen molar-refractivity contribution in [2.24, 2.45) is 5.92 Å². The van der Waals surface area contributed by atoms with E-state index in [0.29, 0.717) is 29.1 Å². The fraction of sp³-hybridized carbons (Fsp3) is 0.258. The van der Waals surface area contributed by atoms with Gasteiger partial charge in [0.2, 0.25) is 17.8 Å². The fourth-order valence-electron chi connectivity index (χ4n) is 4.39. The summed E-state index contributed by atoms with van der Waals surface area (Å²) in [5, 5.41) is 3.63. The molecule has 2 amide bonds. The number of aryl methyl sites for hydroxylation is 2. The third-order valence-corrected chi connectivity index (χ3v) is 7.18. The Balaban J connectivity index is 1.39. The Morgan fingerprint density at radius 1 is 1.00 bits per heavy atom. The lowest BCUT2D eigenvalue weighted by Crippen LogP contribution is -2.40. The minimum Gasteiger partial charge on any atom is -0.333 e. The number of anilines is 1. The van der Waals surface area contributed by atoms with E-state index in [2.05, 4.69) is 31.3 Å². The number of nitrogens with one attached hydrogen (secondary N) is 1. The van der Waals surface area contributed by atoms with Crippen LogP contribution in [0.2, 0.25) is 5.02 Å². The second kappa shape index (κ2) is 11.2. The molecule has 1 aliphatic rings. The van der Waals surface area contributed by atoms with Crippen LogP contribution in [0.1, 0.15) is 29.5 Å². The summed E-state index contributed by atoms with van der Waals surface area (Å²) in [7, 11) is 0. The Bertz CT molecular complexity index is 1440. The highest BCUT2D eigenvalue weighted by Gasteiger charge is 2.28. The molecule has 194 valence electrons. The molecule has 1 saturated carbocycles. The van der Waals surface area contributed by atoms with Gasteiger partial charge in [-0.2, -0.15) is 0 Å². The van der Waals surface area contributed by atoms with Crippen molar-refractivity contribution in [1.29, 1.82) is 0 Å². The van der Waals surface area contributed by atoms with E-state index in [4.69, 9.17) is 16.6 Å². The van der Waals surface area contributed by atoms with Crippen LogP contribution in [0.15, 0.2) is 79.0 Å². The molecule has 0 radical (unpaired) electrons. The number of benzene rings is 3. The summed E-state index contributed by atoms with van der Waals surface area (Å²) in [4.78, 5) is 32.9. The highest BCUT2D eigenvalue weighted by Crippen LogP contribution is 2.30. The molecule has 0 saturated heterocycles. The van der Waals surface area contributed by atoms with Gasteiger partial charge in [-0.15, -0.1) is 0 Å². The number of amides is 2. The number of carbonyl (C=O) groups is 2. The number of rotatable bonds is 9. The van der Waals surface area contributed by atoms with Gasteiger partial charge in [0.25, 0.3) is 0 Å². The molecule has 0 aliphatic heterocycles. The second-order valence-corrected chi connectivity index (χ2v) is 10.5. The molecule has 5 rings (SSSR count). The van der Waals surface area contributed by atoms with E-state index in [-0.39, 0.29) is 24.8 Å². The number of nitrogens with zero attached hydrogens (tertiary/aromatic N) is 3. The van der Waals surface area contributed by atoms with E-state index in [9.17, 15) is 9.59 Å². The van der Waals surface area contributed by atoms with Gasteiger partial charge in [0.1, 0.15) is 0 Å². The van der Waals surface area contributed by atoms with Crippen LogP contribution in [-0.4, -0.2) is 39.4 Å². The average Bonchev–Trinajstić information content (AvgIpc) is 3.63. The first-order valence-corrected chi connectivity index (χ1v) is 13.3. The van der Waals surface area contributed by atoms with Gasteiger partial charge in [0.15, 0.2) is 0 Å². The predicted octanol–water partition coefficient (Wildman–Crippen LogP) is 6.23. The zero-order chi connectivity index (χ0) is 26.6. The average molecular weight is 527 g/mol. The molecule has 0 bridgehead atoms. The lowest BCUT2D eigenvalue weighted by Gasteiger charge is -2.22. The molecule has 4 aromatic rings. The maximum atomic E-state index is 13.3. The monoisotopic (exact) mass is 526 g/mol. The van der Waals surface area contributed by atoms with Crippen LogP contribution in [0.3, 0.4) is 0 Å². The predicted molar refractivity (Wildman–Crippen MR) is 152 cm³/mol. The Morgan fingerprint density at radius 3 is 2.42 bits per heavy atom. The molecule has 6 nitrogen and oxygen atoms in total. The molecule has 3 aromatic carbocycles. The van der Waals surface area contributed by atoms with E-state index in [0.717, 1.165) is 35.2 Å². The quantitative estimate of drug-likeness (QED) is 0.281. The highest BCUT2D eigenvalue weighted by molar-refractivity contribution is 6.30. The molecule has 0 atom stereocenters. The number of aromatic nitrogens is 2. The van der Waals surface area contributed by atoms with Crippen molar-refractivity contribution >= 4 is 29.4 Å². The smallest absolute Gasteiger partial charge is 0.246 e. The fourth-order valence-corrected chi connectivity index (χ4v) is 4.51. The Kier molecular flexibility index (Phi) is 7.61. The number of hydrogen-bond donors (Lipinski definition) is 1. The first-order valence-electron chi connectivity index (χ1n) is 12.9. The third kappa shape index (κ3) is 6.32. The van der Waals surface area contributed by atoms with Crippen molar-refractivity contribution in [2.75, 3.05) is 18.4 Å². The largest absolute Gasteiger partial charge is 0.333 e. The van der Waals surface area contributed by atoms with Crippen LogP contribution in [0.4, 0.5) is 5.95 Å². The standard InChI is InChI=1S/C31H31ClN4O2/c1-21-8-15-27(16-22(21)2)36-19-28(25-11-13-26(32)14-12-25)33-31(36)34-29(37)20-35(18-24-9-10-24)30(38)17-23-6-4-3-5-7-23/h3-8,11-16,19,24H,9-10,17-18,20H2,1-2H3,(H,33,34,37). The number of carbonyl (C=O) groups excluding carboxylic acids is 2. The van der Waals surface area contributed by atoms with Gasteiger partial charge >= 0.3 is 0 Å². The zero-order valence-electron chi connectivity index (χ0n) is 21.7. The summed E-state index contributed by atoms with van der Waals surface area (Å²) in [6.07, 6.45) is 4.38. The van der Waals surface area contributed by atoms with Gasteiger partial charge in [-0.1, -0.05) is 60.1 Å². The second-order valence-electron chi connectivity index (χ2n) is 10.0. The maximum absolute atomic E-state index is 13.3. The van der Waals surface area contributed by atoms with Crippen LogP contribution in [0.5, 0.6) is 0 Å². The van der Waals surface area contributed by atoms with E-state index >= 15 is 0 Å². The molecule has 0 spiro atoms. The van der Waals surface area contributed by atoms with Crippen LogP contribution < -0.4 is 5.32 Å². The van der Waals surface area contributed by atoms with Crippen LogP contribution in [-0.2, 0) is 16.0 Å². The van der Waals surface area contributed by atoms with Crippen LogP contribution in [0.25, 0.3) is 16.9 Å². The summed E-state index contributed by atoms with van der Waals surface area (Å²) >= 11 is 6.08. The van der Waals surface area contributed by atoms with E-state index in [1.54, 1.807) is 4.90 Å². The lowest BCUT2D eigenvalue weighted by molar-refractivity contribution is -0.134. The van der Waals surface area contributed by atoms with Crippen molar-refractivity contribution in [3.05, 3.63) is 101 Å². The Morgan fingerprint density at radius 2 is 1.74 bits per heavy atom. The van der Waals surface area contributed by atoms with Gasteiger partial charge in [-0.3, -0.25) is 19.5 Å². The normalized spacial score (nSPS) is 12.8. The van der Waals surface area contributed by atoms with E-state index in [1.165, 1.54) is 5.56 Å². The summed E-state index contributed by atoms with van der Waals surface area (Å²) in [5.74, 6) is 0.560. The van der Waals surface area contributed by atoms with Crippen molar-refractivity contribution in [2.45, 2.75) is 33.1 Å². The zero-order valence-corrected chi connectivity index (χ0v) is 22.4. The molecular formula is C31H31ClN4O2. The highest BCUT2D eigenvalue weighted by atomic mass is 35.5. The molecule has 1 aromatic heterocycles. The third-order valence-electron chi connectivity index (χ3n) is 6.93.